The number of nitrogens with zero attached hydrogens (tertiary/aromatic N) is 1. The molecule has 0 amide bonds. The van der Waals surface area contributed by atoms with Gasteiger partial charge in [0.15, 0.2) is 5.76 Å². The largest absolute Gasteiger partial charge is 0.480 e. The van der Waals surface area contributed by atoms with E-state index in [-0.39, 0.29) is 0 Å². The van der Waals surface area contributed by atoms with Crippen molar-refractivity contribution in [2.75, 3.05) is 0 Å². The molecule has 0 bridgehead atoms. The summed E-state index contributed by atoms with van der Waals surface area (Å²) < 4.78 is 5.15. The van der Waals surface area contributed by atoms with E-state index >= 15 is 0 Å². The predicted molar refractivity (Wildman–Crippen MR) is 51.4 cm³/mol. The standard InChI is InChI=1S/C11H13NO3/c1-6-2-9(15-12-6)11(10(13)14)4-7-3-8(7)5-11/h2,7-8H,3-5H2,1H3,(H,13,14). The van der Waals surface area contributed by atoms with Crippen LogP contribution in [0.15, 0.2) is 10.6 Å². The molecule has 2 fully saturated rings. The number of aryl methyl sites for hydroxylation is 1. The second kappa shape index (κ2) is 2.62. The lowest BCUT2D eigenvalue weighted by Crippen LogP contribution is -2.33. The zero-order valence-corrected chi connectivity index (χ0v) is 8.56. The zero-order valence-electron chi connectivity index (χ0n) is 8.56. The SMILES string of the molecule is Cc1cc(C2(C(=O)O)CC3CC3C2)on1. The van der Waals surface area contributed by atoms with E-state index in [1.54, 1.807) is 6.07 Å². The maximum Gasteiger partial charge on any atom is 0.317 e. The maximum absolute atomic E-state index is 11.4. The van der Waals surface area contributed by atoms with E-state index < -0.39 is 11.4 Å². The summed E-state index contributed by atoms with van der Waals surface area (Å²) in [6, 6.07) is 1.76. The summed E-state index contributed by atoms with van der Waals surface area (Å²) in [4.78, 5) is 11.4. The minimum atomic E-state index is -0.783. The summed E-state index contributed by atoms with van der Waals surface area (Å²) in [6.45, 7) is 1.82. The number of carbonyl (C=O) groups is 1. The van der Waals surface area contributed by atoms with Crippen LogP contribution in [0.2, 0.25) is 0 Å². The highest BCUT2D eigenvalue weighted by Gasteiger charge is 2.60. The van der Waals surface area contributed by atoms with Crippen LogP contribution in [-0.4, -0.2) is 16.2 Å². The Kier molecular flexibility index (Phi) is 1.56. The maximum atomic E-state index is 11.4. The van der Waals surface area contributed by atoms with Crippen molar-refractivity contribution in [1.29, 1.82) is 0 Å². The Morgan fingerprint density at radius 1 is 1.60 bits per heavy atom. The second-order valence-electron chi connectivity index (χ2n) is 4.88. The van der Waals surface area contributed by atoms with E-state index in [4.69, 9.17) is 4.52 Å². The summed E-state index contributed by atoms with van der Waals surface area (Å²) in [6.07, 6.45) is 2.64. The molecule has 0 saturated heterocycles. The van der Waals surface area contributed by atoms with Gasteiger partial charge in [-0.25, -0.2) is 0 Å². The number of hydrogen-bond acceptors (Lipinski definition) is 3. The van der Waals surface area contributed by atoms with Gasteiger partial charge in [0.2, 0.25) is 0 Å². The van der Waals surface area contributed by atoms with Gasteiger partial charge in [0.1, 0.15) is 5.41 Å². The lowest BCUT2D eigenvalue weighted by molar-refractivity contribution is -0.145. The van der Waals surface area contributed by atoms with Gasteiger partial charge in [-0.2, -0.15) is 0 Å². The van der Waals surface area contributed by atoms with Gasteiger partial charge in [-0.1, -0.05) is 5.16 Å². The van der Waals surface area contributed by atoms with Crippen LogP contribution in [0.25, 0.3) is 0 Å². The molecule has 1 aromatic heterocycles. The predicted octanol–water partition coefficient (Wildman–Crippen LogP) is 1.74. The normalized spacial score (nSPS) is 37.7. The Labute approximate surface area is 87.3 Å². The fourth-order valence-electron chi connectivity index (χ4n) is 2.86. The Bertz CT molecular complexity index is 413. The molecule has 80 valence electrons. The van der Waals surface area contributed by atoms with E-state index in [0.717, 1.165) is 18.5 Å². The zero-order chi connectivity index (χ0) is 10.6. The molecule has 2 atom stereocenters. The molecule has 4 heteroatoms. The highest BCUT2D eigenvalue weighted by Crippen LogP contribution is 2.60. The fraction of sp³-hybridized carbons (Fsp3) is 0.636. The van der Waals surface area contributed by atoms with E-state index in [2.05, 4.69) is 5.16 Å². The Balaban J connectivity index is 2.01. The molecule has 0 radical (unpaired) electrons. The van der Waals surface area contributed by atoms with Crippen molar-refractivity contribution in [1.82, 2.24) is 5.16 Å². The third-order valence-corrected chi connectivity index (χ3v) is 3.80. The van der Waals surface area contributed by atoms with Gasteiger partial charge in [0.05, 0.1) is 5.69 Å². The van der Waals surface area contributed by atoms with Gasteiger partial charge < -0.3 is 9.63 Å². The smallest absolute Gasteiger partial charge is 0.317 e. The molecule has 1 aromatic rings. The average Bonchev–Trinajstić information content (AvgIpc) is 2.65. The Morgan fingerprint density at radius 3 is 2.73 bits per heavy atom. The molecule has 2 unspecified atom stereocenters. The molecular formula is C11H13NO3. The molecule has 0 spiro atoms. The minimum absolute atomic E-state index is 0.541. The van der Waals surface area contributed by atoms with Crippen LogP contribution in [0.5, 0.6) is 0 Å². The number of carboxylic acids is 1. The summed E-state index contributed by atoms with van der Waals surface area (Å²) in [5, 5.41) is 13.2. The van der Waals surface area contributed by atoms with Crippen LogP contribution in [0.3, 0.4) is 0 Å². The summed E-state index contributed by atoms with van der Waals surface area (Å²) in [5.41, 5.74) is -0.0272. The van der Waals surface area contributed by atoms with Crippen LogP contribution in [-0.2, 0) is 10.2 Å². The third-order valence-electron chi connectivity index (χ3n) is 3.80. The number of rotatable bonds is 2. The van der Waals surface area contributed by atoms with E-state index in [0.29, 0.717) is 17.6 Å². The van der Waals surface area contributed by atoms with Crippen molar-refractivity contribution in [3.63, 3.8) is 0 Å². The molecule has 0 aromatic carbocycles. The van der Waals surface area contributed by atoms with Crippen LogP contribution in [0.4, 0.5) is 0 Å². The first-order chi connectivity index (χ1) is 7.12. The molecule has 2 aliphatic carbocycles. The summed E-state index contributed by atoms with van der Waals surface area (Å²) in [7, 11) is 0. The monoisotopic (exact) mass is 207 g/mol. The second-order valence-corrected chi connectivity index (χ2v) is 4.88. The van der Waals surface area contributed by atoms with Crippen molar-refractivity contribution < 1.29 is 14.4 Å². The molecule has 4 nitrogen and oxygen atoms in total. The minimum Gasteiger partial charge on any atom is -0.480 e. The number of hydrogen-bond donors (Lipinski definition) is 1. The molecular weight excluding hydrogens is 194 g/mol. The van der Waals surface area contributed by atoms with Gasteiger partial charge in [0.25, 0.3) is 0 Å². The number of aromatic nitrogens is 1. The highest BCUT2D eigenvalue weighted by molar-refractivity contribution is 5.81. The summed E-state index contributed by atoms with van der Waals surface area (Å²) >= 11 is 0. The topological polar surface area (TPSA) is 63.3 Å². The summed E-state index contributed by atoms with van der Waals surface area (Å²) in [5.74, 6) is 0.989. The number of aliphatic carboxylic acids is 1. The van der Waals surface area contributed by atoms with Crippen LogP contribution >= 0.6 is 0 Å². The lowest BCUT2D eigenvalue weighted by Gasteiger charge is -2.22. The van der Waals surface area contributed by atoms with Crippen molar-refractivity contribution >= 4 is 5.97 Å². The van der Waals surface area contributed by atoms with Gasteiger partial charge in [-0.15, -0.1) is 0 Å². The lowest BCUT2D eigenvalue weighted by atomic mass is 9.80. The molecule has 2 saturated carbocycles. The van der Waals surface area contributed by atoms with E-state index in [1.165, 1.54) is 6.42 Å². The van der Waals surface area contributed by atoms with Crippen LogP contribution < -0.4 is 0 Å². The molecule has 1 heterocycles. The van der Waals surface area contributed by atoms with Crippen molar-refractivity contribution in [2.45, 2.75) is 31.6 Å². The average molecular weight is 207 g/mol. The van der Waals surface area contributed by atoms with Gasteiger partial charge in [-0.05, 0) is 38.0 Å². The van der Waals surface area contributed by atoms with Crippen molar-refractivity contribution in [3.05, 3.63) is 17.5 Å². The first kappa shape index (κ1) is 8.95. The molecule has 3 rings (SSSR count). The van der Waals surface area contributed by atoms with Crippen LogP contribution in [0.1, 0.15) is 30.7 Å². The fourth-order valence-corrected chi connectivity index (χ4v) is 2.86. The van der Waals surface area contributed by atoms with Gasteiger partial charge in [0, 0.05) is 6.07 Å². The Hall–Kier alpha value is -1.32. The van der Waals surface area contributed by atoms with Crippen molar-refractivity contribution in [3.8, 4) is 0 Å². The van der Waals surface area contributed by atoms with E-state index in [1.807, 2.05) is 6.92 Å². The molecule has 1 N–H and O–H groups in total. The Morgan fingerprint density at radius 2 is 2.27 bits per heavy atom. The van der Waals surface area contributed by atoms with Crippen LogP contribution in [0, 0.1) is 18.8 Å². The number of fused-ring (bicyclic) bond motifs is 1. The van der Waals surface area contributed by atoms with Gasteiger partial charge >= 0.3 is 5.97 Å². The van der Waals surface area contributed by atoms with Crippen molar-refractivity contribution in [2.24, 2.45) is 11.8 Å². The first-order valence-corrected chi connectivity index (χ1v) is 5.29. The highest BCUT2D eigenvalue weighted by atomic mass is 16.5. The molecule has 2 aliphatic rings. The quantitative estimate of drug-likeness (QED) is 0.802. The van der Waals surface area contributed by atoms with E-state index in [9.17, 15) is 9.90 Å². The molecule has 15 heavy (non-hydrogen) atoms. The number of carboxylic acid groups (broad SMARTS) is 1. The third kappa shape index (κ3) is 1.14. The first-order valence-electron chi connectivity index (χ1n) is 5.29. The molecule has 0 aliphatic heterocycles. The van der Waals surface area contributed by atoms with Gasteiger partial charge in [-0.3, -0.25) is 4.79 Å².